The molecule has 6 unspecified atom stereocenters. The zero-order valence-electron chi connectivity index (χ0n) is 8.60. The number of aliphatic hydroxyl groups excluding tert-OH is 4. The Morgan fingerprint density at radius 3 is 2.44 bits per heavy atom. The van der Waals surface area contributed by atoms with Crippen molar-refractivity contribution in [3.63, 3.8) is 0 Å². The quantitative estimate of drug-likeness (QED) is 0.390. The normalized spacial score (nSPS) is 48.0. The monoisotopic (exact) mass is 236 g/mol. The predicted octanol–water partition coefficient (Wildman–Crippen LogP) is -2.80. The van der Waals surface area contributed by atoms with E-state index in [2.05, 4.69) is 0 Å². The summed E-state index contributed by atoms with van der Waals surface area (Å²) in [5.74, 6) is 0. The molecule has 7 heteroatoms. The van der Waals surface area contributed by atoms with E-state index in [0.717, 1.165) is 0 Å². The molecule has 2 aliphatic rings. The lowest BCUT2D eigenvalue weighted by molar-refractivity contribution is -0.296. The molecular formula is C9H16O7. The molecular weight excluding hydrogens is 220 g/mol. The first-order valence-corrected chi connectivity index (χ1v) is 5.17. The van der Waals surface area contributed by atoms with Gasteiger partial charge in [-0.1, -0.05) is 0 Å². The Morgan fingerprint density at radius 1 is 1.19 bits per heavy atom. The number of rotatable bonds is 4. The number of aliphatic hydroxyl groups is 4. The smallest absolute Gasteiger partial charge is 0.184 e. The summed E-state index contributed by atoms with van der Waals surface area (Å²) in [6.45, 7) is 0.355. The Labute approximate surface area is 92.2 Å². The fourth-order valence-electron chi connectivity index (χ4n) is 1.63. The van der Waals surface area contributed by atoms with Gasteiger partial charge in [0.25, 0.3) is 0 Å². The molecule has 4 N–H and O–H groups in total. The third-order valence-corrected chi connectivity index (χ3v) is 2.72. The molecule has 2 heterocycles. The van der Waals surface area contributed by atoms with Gasteiger partial charge in [-0.2, -0.15) is 0 Å². The van der Waals surface area contributed by atoms with Crippen LogP contribution in [0.5, 0.6) is 0 Å². The Kier molecular flexibility index (Phi) is 3.75. The van der Waals surface area contributed by atoms with Gasteiger partial charge in [0.1, 0.15) is 30.5 Å². The molecule has 2 rings (SSSR count). The molecule has 0 saturated carbocycles. The lowest BCUT2D eigenvalue weighted by atomic mass is 9.99. The summed E-state index contributed by atoms with van der Waals surface area (Å²) in [5, 5.41) is 37.6. The Morgan fingerprint density at radius 2 is 1.88 bits per heavy atom. The standard InChI is InChI=1S/C9H16O7/c10-1-5-6(11)7(12)8(9(13)16-5)15-3-4-2-14-4/h4-13H,1-3H2. The molecule has 0 aromatic heterocycles. The molecule has 2 aliphatic heterocycles. The summed E-state index contributed by atoms with van der Waals surface area (Å²) in [6, 6.07) is 0. The van der Waals surface area contributed by atoms with E-state index < -0.39 is 37.3 Å². The SMILES string of the molecule is OCC1OC(O)C(OCC2CO2)C(O)C1O. The first kappa shape index (κ1) is 12.2. The zero-order chi connectivity index (χ0) is 11.7. The highest BCUT2D eigenvalue weighted by Gasteiger charge is 2.44. The van der Waals surface area contributed by atoms with Crippen LogP contribution >= 0.6 is 0 Å². The zero-order valence-corrected chi connectivity index (χ0v) is 8.60. The van der Waals surface area contributed by atoms with Crippen molar-refractivity contribution in [3.8, 4) is 0 Å². The molecule has 0 radical (unpaired) electrons. The highest BCUT2D eigenvalue weighted by Crippen LogP contribution is 2.23. The van der Waals surface area contributed by atoms with Crippen molar-refractivity contribution >= 4 is 0 Å². The van der Waals surface area contributed by atoms with E-state index in [1.807, 2.05) is 0 Å². The summed E-state index contributed by atoms with van der Waals surface area (Å²) in [6.07, 6.45) is -5.97. The topological polar surface area (TPSA) is 112 Å². The second-order valence-electron chi connectivity index (χ2n) is 3.98. The van der Waals surface area contributed by atoms with E-state index in [1.54, 1.807) is 0 Å². The molecule has 0 spiro atoms. The van der Waals surface area contributed by atoms with Crippen molar-refractivity contribution in [1.29, 1.82) is 0 Å². The minimum atomic E-state index is -1.37. The Balaban J connectivity index is 1.90. The summed E-state index contributed by atoms with van der Waals surface area (Å²) >= 11 is 0. The molecule has 0 amide bonds. The maximum atomic E-state index is 9.68. The predicted molar refractivity (Wildman–Crippen MR) is 49.5 cm³/mol. The molecule has 6 atom stereocenters. The Bertz CT molecular complexity index is 232. The molecule has 0 bridgehead atoms. The van der Waals surface area contributed by atoms with Crippen LogP contribution in [0.3, 0.4) is 0 Å². The minimum absolute atomic E-state index is 0.00731. The highest BCUT2D eigenvalue weighted by molar-refractivity contribution is 4.89. The molecule has 0 aliphatic carbocycles. The van der Waals surface area contributed by atoms with E-state index in [1.165, 1.54) is 0 Å². The lowest BCUT2D eigenvalue weighted by Crippen LogP contribution is -2.59. The number of ether oxygens (including phenoxy) is 3. The van der Waals surface area contributed by atoms with E-state index in [-0.39, 0.29) is 12.7 Å². The van der Waals surface area contributed by atoms with Crippen molar-refractivity contribution in [2.75, 3.05) is 19.8 Å². The van der Waals surface area contributed by atoms with Gasteiger partial charge in [0.2, 0.25) is 0 Å². The average molecular weight is 236 g/mol. The maximum absolute atomic E-state index is 9.68. The van der Waals surface area contributed by atoms with Crippen LogP contribution in [0, 0.1) is 0 Å². The van der Waals surface area contributed by atoms with Crippen LogP contribution in [-0.4, -0.2) is 77.1 Å². The van der Waals surface area contributed by atoms with Crippen LogP contribution in [0.4, 0.5) is 0 Å². The fraction of sp³-hybridized carbons (Fsp3) is 1.00. The van der Waals surface area contributed by atoms with Crippen LogP contribution in [0.15, 0.2) is 0 Å². The van der Waals surface area contributed by atoms with Crippen LogP contribution in [0.1, 0.15) is 0 Å². The Hall–Kier alpha value is -0.280. The number of hydrogen-bond donors (Lipinski definition) is 4. The first-order chi connectivity index (χ1) is 7.63. The average Bonchev–Trinajstić information content (AvgIpc) is 3.07. The van der Waals surface area contributed by atoms with Crippen LogP contribution in [0.25, 0.3) is 0 Å². The second-order valence-corrected chi connectivity index (χ2v) is 3.98. The van der Waals surface area contributed by atoms with Crippen molar-refractivity contribution in [2.24, 2.45) is 0 Å². The number of hydrogen-bond acceptors (Lipinski definition) is 7. The third kappa shape index (κ3) is 2.51. The molecule has 94 valence electrons. The van der Waals surface area contributed by atoms with E-state index in [4.69, 9.17) is 19.3 Å². The molecule has 0 aromatic rings. The van der Waals surface area contributed by atoms with Gasteiger partial charge in [0, 0.05) is 0 Å². The largest absolute Gasteiger partial charge is 0.394 e. The van der Waals surface area contributed by atoms with Gasteiger partial charge in [-0.05, 0) is 0 Å². The van der Waals surface area contributed by atoms with E-state index in [0.29, 0.717) is 6.61 Å². The highest BCUT2D eigenvalue weighted by atomic mass is 16.7. The van der Waals surface area contributed by atoms with Gasteiger partial charge in [-0.3, -0.25) is 0 Å². The van der Waals surface area contributed by atoms with Crippen LogP contribution < -0.4 is 0 Å². The first-order valence-electron chi connectivity index (χ1n) is 5.17. The second kappa shape index (κ2) is 4.92. The minimum Gasteiger partial charge on any atom is -0.394 e. The van der Waals surface area contributed by atoms with Gasteiger partial charge in [0.15, 0.2) is 6.29 Å². The van der Waals surface area contributed by atoms with Crippen molar-refractivity contribution < 1.29 is 34.6 Å². The van der Waals surface area contributed by atoms with Gasteiger partial charge < -0.3 is 34.6 Å². The van der Waals surface area contributed by atoms with Crippen molar-refractivity contribution in [2.45, 2.75) is 36.8 Å². The van der Waals surface area contributed by atoms with Crippen molar-refractivity contribution in [1.82, 2.24) is 0 Å². The van der Waals surface area contributed by atoms with Crippen LogP contribution in [-0.2, 0) is 14.2 Å². The summed E-state index contributed by atoms with van der Waals surface area (Å²) in [4.78, 5) is 0. The lowest BCUT2D eigenvalue weighted by Gasteiger charge is -2.39. The summed E-state index contributed by atoms with van der Waals surface area (Å²) < 4.78 is 15.0. The van der Waals surface area contributed by atoms with E-state index in [9.17, 15) is 15.3 Å². The molecule has 2 saturated heterocycles. The number of epoxide rings is 1. The van der Waals surface area contributed by atoms with Gasteiger partial charge in [-0.15, -0.1) is 0 Å². The summed E-state index contributed by atoms with van der Waals surface area (Å²) in [7, 11) is 0. The molecule has 7 nitrogen and oxygen atoms in total. The van der Waals surface area contributed by atoms with Crippen molar-refractivity contribution in [3.05, 3.63) is 0 Å². The van der Waals surface area contributed by atoms with Crippen LogP contribution in [0.2, 0.25) is 0 Å². The molecule has 16 heavy (non-hydrogen) atoms. The maximum Gasteiger partial charge on any atom is 0.184 e. The van der Waals surface area contributed by atoms with Gasteiger partial charge in [-0.25, -0.2) is 0 Å². The molecule has 0 aromatic carbocycles. The van der Waals surface area contributed by atoms with Gasteiger partial charge >= 0.3 is 0 Å². The molecule has 2 fully saturated rings. The van der Waals surface area contributed by atoms with Gasteiger partial charge in [0.05, 0.1) is 19.8 Å². The fourth-order valence-corrected chi connectivity index (χ4v) is 1.63. The third-order valence-electron chi connectivity index (χ3n) is 2.72. The van der Waals surface area contributed by atoms with E-state index >= 15 is 0 Å². The summed E-state index contributed by atoms with van der Waals surface area (Å²) in [5.41, 5.74) is 0.